The van der Waals surface area contributed by atoms with E-state index < -0.39 is 0 Å². The summed E-state index contributed by atoms with van der Waals surface area (Å²) in [5, 5.41) is 0.833. The molecule has 0 spiro atoms. The Bertz CT molecular complexity index is 752. The third-order valence-electron chi connectivity index (χ3n) is 2.99. The molecule has 0 heterocycles. The van der Waals surface area contributed by atoms with Crippen LogP contribution in [0.25, 0.3) is 6.08 Å². The summed E-state index contributed by atoms with van der Waals surface area (Å²) in [5.74, 6) is 0.299. The Labute approximate surface area is 145 Å². The second-order valence-corrected chi connectivity index (χ2v) is 5.57. The maximum Gasteiger partial charge on any atom is 0.185 e. The molecule has 0 aromatic heterocycles. The minimum absolute atomic E-state index is 0.157. The number of ketones is 1. The molecule has 0 aliphatic carbocycles. The van der Waals surface area contributed by atoms with E-state index in [0.29, 0.717) is 39.2 Å². The number of anilines is 1. The number of carbonyl (C=O) groups is 1. The van der Waals surface area contributed by atoms with Gasteiger partial charge in [-0.2, -0.15) is 0 Å². The Morgan fingerprint density at radius 2 is 1.91 bits per heavy atom. The van der Waals surface area contributed by atoms with Gasteiger partial charge in [0.05, 0.1) is 5.02 Å². The summed E-state index contributed by atoms with van der Waals surface area (Å²) in [7, 11) is 0. The highest BCUT2D eigenvalue weighted by Crippen LogP contribution is 2.33. The highest BCUT2D eigenvalue weighted by Gasteiger charge is 2.09. The summed E-state index contributed by atoms with van der Waals surface area (Å²) in [5.41, 5.74) is 7.37. The van der Waals surface area contributed by atoms with E-state index in [0.717, 1.165) is 0 Å². The molecule has 0 fully saturated rings. The third kappa shape index (κ3) is 4.62. The van der Waals surface area contributed by atoms with E-state index in [2.05, 4.69) is 6.58 Å². The van der Waals surface area contributed by atoms with Crippen LogP contribution in [0, 0.1) is 0 Å². The Morgan fingerprint density at radius 3 is 2.57 bits per heavy atom. The summed E-state index contributed by atoms with van der Waals surface area (Å²) in [6.45, 7) is 3.90. The fourth-order valence-corrected chi connectivity index (χ4v) is 2.47. The van der Waals surface area contributed by atoms with E-state index in [-0.39, 0.29) is 5.78 Å². The first-order chi connectivity index (χ1) is 11.0. The quantitative estimate of drug-likeness (QED) is 0.344. The lowest BCUT2D eigenvalue weighted by Gasteiger charge is -2.10. The van der Waals surface area contributed by atoms with E-state index in [1.807, 2.05) is 0 Å². The zero-order chi connectivity index (χ0) is 16.8. The molecule has 0 unspecified atom stereocenters. The molecule has 0 saturated heterocycles. The van der Waals surface area contributed by atoms with Gasteiger partial charge in [-0.1, -0.05) is 35.9 Å². The van der Waals surface area contributed by atoms with E-state index in [1.54, 1.807) is 48.6 Å². The second-order valence-electron chi connectivity index (χ2n) is 4.73. The van der Waals surface area contributed by atoms with Crippen molar-refractivity contribution in [3.8, 4) is 5.75 Å². The summed E-state index contributed by atoms with van der Waals surface area (Å²) < 4.78 is 5.54. The maximum absolute atomic E-state index is 12.2. The summed E-state index contributed by atoms with van der Waals surface area (Å²) in [6.07, 6.45) is 4.67. The molecule has 2 rings (SSSR count). The first kappa shape index (κ1) is 17.1. The number of nitrogen functional groups attached to an aromatic ring is 1. The molecule has 3 nitrogen and oxygen atoms in total. The molecule has 118 valence electrons. The number of nitrogens with two attached hydrogens (primary N) is 1. The van der Waals surface area contributed by atoms with E-state index in [9.17, 15) is 4.79 Å². The molecule has 2 N–H and O–H groups in total. The first-order valence-electron chi connectivity index (χ1n) is 6.82. The highest BCUT2D eigenvalue weighted by molar-refractivity contribution is 6.36. The lowest BCUT2D eigenvalue weighted by molar-refractivity contribution is 0.104. The second kappa shape index (κ2) is 7.86. The monoisotopic (exact) mass is 347 g/mol. The van der Waals surface area contributed by atoms with Crippen LogP contribution in [-0.2, 0) is 0 Å². The first-order valence-corrected chi connectivity index (χ1v) is 7.57. The standard InChI is InChI=1S/C18H15Cl2NO2/c1-2-9-23-18-13(10-14(19)11-16(18)20)5-8-17(22)12-3-6-15(21)7-4-12/h2-8,10-11H,1,9,21H2/b8-5+. The molecule has 5 heteroatoms. The average molecular weight is 348 g/mol. The zero-order valence-corrected chi connectivity index (χ0v) is 13.8. The summed E-state index contributed by atoms with van der Waals surface area (Å²) in [4.78, 5) is 12.2. The van der Waals surface area contributed by atoms with Gasteiger partial charge in [0.15, 0.2) is 5.78 Å². The van der Waals surface area contributed by atoms with Crippen molar-refractivity contribution in [1.29, 1.82) is 0 Å². The number of ether oxygens (including phenoxy) is 1. The number of rotatable bonds is 6. The number of hydrogen-bond donors (Lipinski definition) is 1. The minimum Gasteiger partial charge on any atom is -0.487 e. The van der Waals surface area contributed by atoms with Gasteiger partial charge in [0.1, 0.15) is 12.4 Å². The van der Waals surface area contributed by atoms with Crippen LogP contribution in [0.3, 0.4) is 0 Å². The third-order valence-corrected chi connectivity index (χ3v) is 3.49. The van der Waals surface area contributed by atoms with Crippen LogP contribution in [0.1, 0.15) is 15.9 Å². The van der Waals surface area contributed by atoms with E-state index in [4.69, 9.17) is 33.7 Å². The summed E-state index contributed by atoms with van der Waals surface area (Å²) >= 11 is 12.2. The lowest BCUT2D eigenvalue weighted by atomic mass is 10.1. The van der Waals surface area contributed by atoms with Crippen LogP contribution in [0.15, 0.2) is 55.1 Å². The topological polar surface area (TPSA) is 52.3 Å². The average Bonchev–Trinajstić information content (AvgIpc) is 2.52. The highest BCUT2D eigenvalue weighted by atomic mass is 35.5. The van der Waals surface area contributed by atoms with Gasteiger partial charge < -0.3 is 10.5 Å². The molecule has 0 amide bonds. The van der Waals surface area contributed by atoms with Gasteiger partial charge in [0, 0.05) is 21.8 Å². The molecule has 0 atom stereocenters. The fraction of sp³-hybridized carbons (Fsp3) is 0.0556. The Hall–Kier alpha value is -2.23. The van der Waals surface area contributed by atoms with Crippen molar-refractivity contribution in [3.05, 3.63) is 76.3 Å². The zero-order valence-electron chi connectivity index (χ0n) is 12.3. The number of benzene rings is 2. The van der Waals surface area contributed by atoms with Gasteiger partial charge in [-0.15, -0.1) is 0 Å². The molecular weight excluding hydrogens is 333 g/mol. The number of allylic oxidation sites excluding steroid dienone is 1. The predicted octanol–water partition coefficient (Wildman–Crippen LogP) is 5.04. The van der Waals surface area contributed by atoms with Crippen LogP contribution in [0.4, 0.5) is 5.69 Å². The molecule has 0 bridgehead atoms. The van der Waals surface area contributed by atoms with Gasteiger partial charge in [-0.25, -0.2) is 0 Å². The molecule has 0 saturated carbocycles. The molecule has 0 aliphatic rings. The van der Waals surface area contributed by atoms with Gasteiger partial charge in [0.25, 0.3) is 0 Å². The van der Waals surface area contributed by atoms with Gasteiger partial charge in [-0.05, 0) is 48.6 Å². The van der Waals surface area contributed by atoms with E-state index in [1.165, 1.54) is 6.08 Å². The minimum atomic E-state index is -0.157. The lowest BCUT2D eigenvalue weighted by Crippen LogP contribution is -1.97. The van der Waals surface area contributed by atoms with Gasteiger partial charge in [0.2, 0.25) is 0 Å². The van der Waals surface area contributed by atoms with Crippen LogP contribution in [0.2, 0.25) is 10.0 Å². The maximum atomic E-state index is 12.2. The van der Waals surface area contributed by atoms with Gasteiger partial charge in [-0.3, -0.25) is 4.79 Å². The van der Waals surface area contributed by atoms with Gasteiger partial charge >= 0.3 is 0 Å². The van der Waals surface area contributed by atoms with Crippen LogP contribution in [-0.4, -0.2) is 12.4 Å². The van der Waals surface area contributed by atoms with Crippen molar-refractivity contribution < 1.29 is 9.53 Å². The van der Waals surface area contributed by atoms with Crippen molar-refractivity contribution in [2.24, 2.45) is 0 Å². The van der Waals surface area contributed by atoms with Crippen molar-refractivity contribution in [2.75, 3.05) is 12.3 Å². The van der Waals surface area contributed by atoms with Crippen molar-refractivity contribution in [1.82, 2.24) is 0 Å². The number of halogens is 2. The largest absolute Gasteiger partial charge is 0.487 e. The Morgan fingerprint density at radius 1 is 1.22 bits per heavy atom. The van der Waals surface area contributed by atoms with Crippen molar-refractivity contribution >= 4 is 40.7 Å². The molecule has 2 aromatic rings. The van der Waals surface area contributed by atoms with E-state index >= 15 is 0 Å². The number of carbonyl (C=O) groups excluding carboxylic acids is 1. The normalized spacial score (nSPS) is 10.7. The molecule has 0 radical (unpaired) electrons. The molecule has 23 heavy (non-hydrogen) atoms. The van der Waals surface area contributed by atoms with Crippen LogP contribution < -0.4 is 10.5 Å². The molecular formula is C18H15Cl2NO2. The smallest absolute Gasteiger partial charge is 0.185 e. The van der Waals surface area contributed by atoms with Crippen molar-refractivity contribution in [2.45, 2.75) is 0 Å². The fourth-order valence-electron chi connectivity index (χ4n) is 1.91. The van der Waals surface area contributed by atoms with Crippen LogP contribution in [0.5, 0.6) is 5.75 Å². The Kier molecular flexibility index (Phi) is 5.85. The number of hydrogen-bond acceptors (Lipinski definition) is 3. The van der Waals surface area contributed by atoms with Crippen LogP contribution >= 0.6 is 23.2 Å². The molecule has 2 aromatic carbocycles. The molecule has 0 aliphatic heterocycles. The Balaban J connectivity index is 2.28. The van der Waals surface area contributed by atoms with Crippen molar-refractivity contribution in [3.63, 3.8) is 0 Å². The SMILES string of the molecule is C=CCOc1c(Cl)cc(Cl)cc1/C=C/C(=O)c1ccc(N)cc1. The predicted molar refractivity (Wildman–Crippen MR) is 96.4 cm³/mol. The summed E-state index contributed by atoms with van der Waals surface area (Å²) in [6, 6.07) is 9.95.